The molecule has 0 aliphatic carbocycles. The molecule has 5 heteroatoms. The van der Waals surface area contributed by atoms with Crippen LogP contribution in [0.25, 0.3) is 10.9 Å². The van der Waals surface area contributed by atoms with E-state index in [4.69, 9.17) is 11.6 Å². The summed E-state index contributed by atoms with van der Waals surface area (Å²) >= 11 is 6.09. The zero-order valence-electron chi connectivity index (χ0n) is 12.4. The highest BCUT2D eigenvalue weighted by molar-refractivity contribution is 6.31. The summed E-state index contributed by atoms with van der Waals surface area (Å²) < 4.78 is 2.01. The van der Waals surface area contributed by atoms with Gasteiger partial charge < -0.3 is 9.88 Å². The van der Waals surface area contributed by atoms with Crippen LogP contribution in [-0.4, -0.2) is 15.5 Å². The number of carbonyl (C=O) groups excluding carboxylic acids is 1. The molecule has 1 amide bonds. The first kappa shape index (κ1) is 14.6. The molecule has 3 rings (SSSR count). The maximum absolute atomic E-state index is 12.7. The zero-order chi connectivity index (χ0) is 15.7. The number of fused-ring (bicyclic) bond motifs is 1. The number of anilines is 1. The van der Waals surface area contributed by atoms with Crippen molar-refractivity contribution in [3.8, 4) is 0 Å². The van der Waals surface area contributed by atoms with Crippen molar-refractivity contribution in [1.82, 2.24) is 9.55 Å². The molecule has 0 spiro atoms. The molecule has 4 nitrogen and oxygen atoms in total. The van der Waals surface area contributed by atoms with Crippen LogP contribution in [0.4, 0.5) is 5.69 Å². The van der Waals surface area contributed by atoms with Gasteiger partial charge in [-0.3, -0.25) is 9.78 Å². The van der Waals surface area contributed by atoms with E-state index < -0.39 is 0 Å². The topological polar surface area (TPSA) is 46.9 Å². The Bertz CT molecular complexity index is 840. The van der Waals surface area contributed by atoms with E-state index >= 15 is 0 Å². The summed E-state index contributed by atoms with van der Waals surface area (Å²) in [5, 5.41) is 4.57. The summed E-state index contributed by atoms with van der Waals surface area (Å²) in [6, 6.07) is 9.31. The maximum Gasteiger partial charge on any atom is 0.272 e. The van der Waals surface area contributed by atoms with Crippen molar-refractivity contribution in [2.24, 2.45) is 0 Å². The van der Waals surface area contributed by atoms with Crippen molar-refractivity contribution in [3.05, 3.63) is 59.0 Å². The number of benzene rings is 1. The van der Waals surface area contributed by atoms with Crippen LogP contribution in [0.1, 0.15) is 23.0 Å². The van der Waals surface area contributed by atoms with Gasteiger partial charge in [-0.1, -0.05) is 11.6 Å². The number of hydrogen-bond donors (Lipinski definition) is 1. The Kier molecular flexibility index (Phi) is 3.86. The Morgan fingerprint density at radius 2 is 2.18 bits per heavy atom. The van der Waals surface area contributed by atoms with Gasteiger partial charge in [0.1, 0.15) is 5.69 Å². The molecular weight excluding hydrogens is 298 g/mol. The molecule has 0 unspecified atom stereocenters. The fourth-order valence-electron chi connectivity index (χ4n) is 2.74. The zero-order valence-corrected chi connectivity index (χ0v) is 13.2. The van der Waals surface area contributed by atoms with Crippen LogP contribution in [0.3, 0.4) is 0 Å². The van der Waals surface area contributed by atoms with Crippen LogP contribution in [0.5, 0.6) is 0 Å². The third-order valence-corrected chi connectivity index (χ3v) is 3.96. The molecular formula is C17H16ClN3O. The molecule has 1 aromatic carbocycles. The number of rotatable bonds is 3. The number of amides is 1. The lowest BCUT2D eigenvalue weighted by molar-refractivity contribution is 0.101. The number of nitrogens with one attached hydrogen (secondary N) is 1. The first-order valence-electron chi connectivity index (χ1n) is 7.11. The van der Waals surface area contributed by atoms with E-state index in [1.807, 2.05) is 42.7 Å². The molecule has 0 saturated heterocycles. The van der Waals surface area contributed by atoms with Crippen molar-refractivity contribution in [3.63, 3.8) is 0 Å². The average Bonchev–Trinajstić information content (AvgIpc) is 2.80. The van der Waals surface area contributed by atoms with E-state index in [0.717, 1.165) is 16.5 Å². The SMILES string of the molecule is CCn1c(C(=O)Nc2cccnc2)c(C)c2cc(Cl)ccc21. The molecule has 0 aliphatic rings. The lowest BCUT2D eigenvalue weighted by Gasteiger charge is -2.09. The summed E-state index contributed by atoms with van der Waals surface area (Å²) in [7, 11) is 0. The largest absolute Gasteiger partial charge is 0.337 e. The molecule has 112 valence electrons. The second kappa shape index (κ2) is 5.81. The van der Waals surface area contributed by atoms with E-state index in [1.165, 1.54) is 0 Å². The number of aromatic nitrogens is 2. The summed E-state index contributed by atoms with van der Waals surface area (Å²) in [6.45, 7) is 4.68. The molecule has 22 heavy (non-hydrogen) atoms. The highest BCUT2D eigenvalue weighted by Gasteiger charge is 2.19. The molecule has 0 bridgehead atoms. The number of halogens is 1. The number of aryl methyl sites for hydroxylation is 2. The number of pyridine rings is 1. The van der Waals surface area contributed by atoms with Gasteiger partial charge >= 0.3 is 0 Å². The monoisotopic (exact) mass is 313 g/mol. The third kappa shape index (κ3) is 2.46. The van der Waals surface area contributed by atoms with Crippen LogP contribution >= 0.6 is 11.6 Å². The van der Waals surface area contributed by atoms with Crippen LogP contribution in [0, 0.1) is 6.92 Å². The Hall–Kier alpha value is -2.33. The molecule has 0 aliphatic heterocycles. The lowest BCUT2D eigenvalue weighted by atomic mass is 10.1. The number of nitrogens with zero attached hydrogens (tertiary/aromatic N) is 2. The molecule has 0 fully saturated rings. The Balaban J connectivity index is 2.09. The minimum absolute atomic E-state index is 0.139. The first-order chi connectivity index (χ1) is 10.6. The van der Waals surface area contributed by atoms with Gasteiger partial charge in [0.15, 0.2) is 0 Å². The van der Waals surface area contributed by atoms with E-state index in [-0.39, 0.29) is 5.91 Å². The second-order valence-electron chi connectivity index (χ2n) is 5.08. The lowest BCUT2D eigenvalue weighted by Crippen LogP contribution is -2.17. The quantitative estimate of drug-likeness (QED) is 0.785. The highest BCUT2D eigenvalue weighted by atomic mass is 35.5. The van der Waals surface area contributed by atoms with Crippen LogP contribution in [-0.2, 0) is 6.54 Å². The van der Waals surface area contributed by atoms with Crippen molar-refractivity contribution < 1.29 is 4.79 Å². The van der Waals surface area contributed by atoms with Gasteiger partial charge in [-0.2, -0.15) is 0 Å². The first-order valence-corrected chi connectivity index (χ1v) is 7.49. The molecule has 2 heterocycles. The molecule has 0 atom stereocenters. The third-order valence-electron chi connectivity index (χ3n) is 3.73. The predicted octanol–water partition coefficient (Wildman–Crippen LogP) is 4.27. The van der Waals surface area contributed by atoms with Crippen molar-refractivity contribution in [1.29, 1.82) is 0 Å². The minimum Gasteiger partial charge on any atom is -0.337 e. The highest BCUT2D eigenvalue weighted by Crippen LogP contribution is 2.28. The molecule has 0 saturated carbocycles. The van der Waals surface area contributed by atoms with Gasteiger partial charge in [0.2, 0.25) is 0 Å². The average molecular weight is 314 g/mol. The normalized spacial score (nSPS) is 10.9. The van der Waals surface area contributed by atoms with Gasteiger partial charge in [-0.05, 0) is 49.7 Å². The van der Waals surface area contributed by atoms with E-state index in [0.29, 0.717) is 22.9 Å². The van der Waals surface area contributed by atoms with Gasteiger partial charge in [-0.15, -0.1) is 0 Å². The number of carbonyl (C=O) groups is 1. The second-order valence-corrected chi connectivity index (χ2v) is 5.51. The van der Waals surface area contributed by atoms with Crippen molar-refractivity contribution in [2.45, 2.75) is 20.4 Å². The fourth-order valence-corrected chi connectivity index (χ4v) is 2.91. The van der Waals surface area contributed by atoms with Gasteiger partial charge in [0, 0.05) is 28.7 Å². The molecule has 0 radical (unpaired) electrons. The predicted molar refractivity (Wildman–Crippen MR) is 89.5 cm³/mol. The van der Waals surface area contributed by atoms with Gasteiger partial charge in [0.25, 0.3) is 5.91 Å². The Morgan fingerprint density at radius 3 is 2.86 bits per heavy atom. The number of hydrogen-bond acceptors (Lipinski definition) is 2. The maximum atomic E-state index is 12.7. The van der Waals surface area contributed by atoms with Gasteiger partial charge in [-0.25, -0.2) is 0 Å². The van der Waals surface area contributed by atoms with E-state index in [9.17, 15) is 4.79 Å². The fraction of sp³-hybridized carbons (Fsp3) is 0.176. The van der Waals surface area contributed by atoms with E-state index in [2.05, 4.69) is 10.3 Å². The van der Waals surface area contributed by atoms with Crippen molar-refractivity contribution >= 4 is 34.1 Å². The van der Waals surface area contributed by atoms with Crippen LogP contribution < -0.4 is 5.32 Å². The summed E-state index contributed by atoms with van der Waals surface area (Å²) in [5.41, 5.74) is 3.28. The summed E-state index contributed by atoms with van der Waals surface area (Å²) in [6.07, 6.45) is 3.30. The summed E-state index contributed by atoms with van der Waals surface area (Å²) in [5.74, 6) is -0.139. The van der Waals surface area contributed by atoms with E-state index in [1.54, 1.807) is 18.5 Å². The molecule has 1 N–H and O–H groups in total. The minimum atomic E-state index is -0.139. The summed E-state index contributed by atoms with van der Waals surface area (Å²) in [4.78, 5) is 16.7. The van der Waals surface area contributed by atoms with Gasteiger partial charge in [0.05, 0.1) is 11.9 Å². The molecule has 3 aromatic rings. The smallest absolute Gasteiger partial charge is 0.272 e. The van der Waals surface area contributed by atoms with Crippen LogP contribution in [0.2, 0.25) is 5.02 Å². The van der Waals surface area contributed by atoms with Crippen LogP contribution in [0.15, 0.2) is 42.7 Å². The Morgan fingerprint density at radius 1 is 1.36 bits per heavy atom. The molecule has 2 aromatic heterocycles. The standard InChI is InChI=1S/C17H16ClN3O/c1-3-21-15-7-6-12(18)9-14(15)11(2)16(21)17(22)20-13-5-4-8-19-10-13/h4-10H,3H2,1-2H3,(H,20,22). The van der Waals surface area contributed by atoms with Crippen molar-refractivity contribution in [2.75, 3.05) is 5.32 Å². The Labute approximate surface area is 133 Å².